The van der Waals surface area contributed by atoms with E-state index in [1.54, 1.807) is 7.11 Å². The van der Waals surface area contributed by atoms with Crippen LogP contribution in [0.2, 0.25) is 0 Å². The predicted molar refractivity (Wildman–Crippen MR) is 133 cm³/mol. The number of methoxy groups -OCH3 is 2. The average Bonchev–Trinajstić information content (AvgIpc) is 3.36. The van der Waals surface area contributed by atoms with E-state index in [1.165, 1.54) is 7.11 Å². The Bertz CT molecular complexity index is 1180. The summed E-state index contributed by atoms with van der Waals surface area (Å²) in [6, 6.07) is 16.4. The van der Waals surface area contributed by atoms with Gasteiger partial charge in [-0.2, -0.15) is 0 Å². The molecule has 1 saturated heterocycles. The highest BCUT2D eigenvalue weighted by Gasteiger charge is 2.33. The SMILES string of the molecule is CCC[C@H](NC(=O)[C@@H]1CC(Oc2cc(-c3ccccc3)nc3cc(OC)ccc23)CN1)C(=O)OC. The first-order chi connectivity index (χ1) is 17.0. The Balaban J connectivity index is 1.53. The molecule has 0 spiro atoms. The van der Waals surface area contributed by atoms with Gasteiger partial charge in [0.05, 0.1) is 31.5 Å². The topological polar surface area (TPSA) is 98.8 Å². The van der Waals surface area contributed by atoms with Crippen LogP contribution in [0.4, 0.5) is 0 Å². The van der Waals surface area contributed by atoms with E-state index in [1.807, 2.05) is 61.5 Å². The van der Waals surface area contributed by atoms with Gasteiger partial charge < -0.3 is 24.8 Å². The van der Waals surface area contributed by atoms with Crippen LogP contribution in [0.5, 0.6) is 11.5 Å². The molecule has 0 radical (unpaired) electrons. The zero-order chi connectivity index (χ0) is 24.8. The van der Waals surface area contributed by atoms with Crippen LogP contribution in [0.3, 0.4) is 0 Å². The van der Waals surface area contributed by atoms with Gasteiger partial charge in [-0.1, -0.05) is 43.7 Å². The first kappa shape index (κ1) is 24.5. The quantitative estimate of drug-likeness (QED) is 0.455. The van der Waals surface area contributed by atoms with Crippen molar-refractivity contribution in [3.8, 4) is 22.8 Å². The van der Waals surface area contributed by atoms with Gasteiger partial charge in [0.1, 0.15) is 23.6 Å². The average molecular weight is 478 g/mol. The maximum atomic E-state index is 12.8. The van der Waals surface area contributed by atoms with Crippen LogP contribution in [-0.4, -0.2) is 55.8 Å². The van der Waals surface area contributed by atoms with E-state index in [-0.39, 0.29) is 12.0 Å². The van der Waals surface area contributed by atoms with Crippen LogP contribution in [0.1, 0.15) is 26.2 Å². The third-order valence-corrected chi connectivity index (χ3v) is 6.13. The van der Waals surface area contributed by atoms with Crippen molar-refractivity contribution >= 4 is 22.8 Å². The van der Waals surface area contributed by atoms with E-state index >= 15 is 0 Å². The number of hydrogen-bond acceptors (Lipinski definition) is 7. The van der Waals surface area contributed by atoms with Gasteiger partial charge in [-0.05, 0) is 18.6 Å². The number of carbonyl (C=O) groups is 2. The minimum absolute atomic E-state index is 0.218. The van der Waals surface area contributed by atoms with E-state index in [4.69, 9.17) is 19.2 Å². The lowest BCUT2D eigenvalue weighted by Gasteiger charge is -2.19. The van der Waals surface area contributed by atoms with E-state index in [2.05, 4.69) is 10.6 Å². The van der Waals surface area contributed by atoms with E-state index in [0.717, 1.165) is 28.6 Å². The molecular weight excluding hydrogens is 446 g/mol. The third-order valence-electron chi connectivity index (χ3n) is 6.13. The number of pyridine rings is 1. The molecule has 35 heavy (non-hydrogen) atoms. The largest absolute Gasteiger partial charge is 0.497 e. The Hall–Kier alpha value is -3.65. The second-order valence-corrected chi connectivity index (χ2v) is 8.56. The molecule has 1 aliphatic rings. The lowest BCUT2D eigenvalue weighted by atomic mass is 10.1. The van der Waals surface area contributed by atoms with Crippen molar-refractivity contribution in [1.82, 2.24) is 15.6 Å². The Labute approximate surface area is 205 Å². The Morgan fingerprint density at radius 1 is 1.14 bits per heavy atom. The summed E-state index contributed by atoms with van der Waals surface area (Å²) in [5.41, 5.74) is 2.54. The summed E-state index contributed by atoms with van der Waals surface area (Å²) < 4.78 is 16.6. The Morgan fingerprint density at radius 2 is 1.94 bits per heavy atom. The highest BCUT2D eigenvalue weighted by Crippen LogP contribution is 2.33. The molecule has 4 rings (SSSR count). The molecule has 0 bridgehead atoms. The minimum atomic E-state index is -0.646. The molecule has 3 atom stereocenters. The molecule has 2 heterocycles. The van der Waals surface area contributed by atoms with Gasteiger partial charge in [-0.3, -0.25) is 4.79 Å². The molecule has 1 fully saturated rings. The third kappa shape index (κ3) is 5.71. The maximum Gasteiger partial charge on any atom is 0.328 e. The summed E-state index contributed by atoms with van der Waals surface area (Å²) in [7, 11) is 2.95. The van der Waals surface area contributed by atoms with Crippen molar-refractivity contribution in [3.63, 3.8) is 0 Å². The molecule has 1 aliphatic heterocycles. The Kier molecular flexibility index (Phi) is 7.82. The molecule has 2 N–H and O–H groups in total. The number of rotatable bonds is 9. The van der Waals surface area contributed by atoms with Crippen LogP contribution in [0.25, 0.3) is 22.2 Å². The van der Waals surface area contributed by atoms with E-state index < -0.39 is 18.1 Å². The fraction of sp³-hybridized carbons (Fsp3) is 0.370. The second kappa shape index (κ2) is 11.2. The zero-order valence-corrected chi connectivity index (χ0v) is 20.2. The molecule has 0 saturated carbocycles. The number of hydrogen-bond donors (Lipinski definition) is 2. The van der Waals surface area contributed by atoms with Gasteiger partial charge >= 0.3 is 5.97 Å². The van der Waals surface area contributed by atoms with Crippen molar-refractivity contribution in [3.05, 3.63) is 54.6 Å². The number of nitrogens with one attached hydrogen (secondary N) is 2. The molecule has 3 aromatic rings. The molecule has 8 nitrogen and oxygen atoms in total. The summed E-state index contributed by atoms with van der Waals surface area (Å²) in [5.74, 6) is 0.753. The smallest absolute Gasteiger partial charge is 0.328 e. The Morgan fingerprint density at radius 3 is 2.66 bits per heavy atom. The second-order valence-electron chi connectivity index (χ2n) is 8.56. The molecule has 1 aromatic heterocycles. The van der Waals surface area contributed by atoms with Crippen molar-refractivity contribution in [2.45, 2.75) is 44.4 Å². The maximum absolute atomic E-state index is 12.8. The number of esters is 1. The molecule has 1 amide bonds. The van der Waals surface area contributed by atoms with Gasteiger partial charge in [0.15, 0.2) is 0 Å². The fourth-order valence-electron chi connectivity index (χ4n) is 4.28. The highest BCUT2D eigenvalue weighted by molar-refractivity contribution is 5.89. The van der Waals surface area contributed by atoms with Crippen molar-refractivity contribution < 1.29 is 23.8 Å². The number of benzene rings is 2. The van der Waals surface area contributed by atoms with Gasteiger partial charge in [0.2, 0.25) is 5.91 Å². The molecule has 0 aliphatic carbocycles. The molecule has 2 aromatic carbocycles. The lowest BCUT2D eigenvalue weighted by Crippen LogP contribution is -2.48. The van der Waals surface area contributed by atoms with E-state index in [9.17, 15) is 9.59 Å². The number of ether oxygens (including phenoxy) is 3. The summed E-state index contributed by atoms with van der Waals surface area (Å²) in [6.45, 7) is 2.47. The summed E-state index contributed by atoms with van der Waals surface area (Å²) >= 11 is 0. The zero-order valence-electron chi connectivity index (χ0n) is 20.2. The van der Waals surface area contributed by atoms with Crippen LogP contribution in [0.15, 0.2) is 54.6 Å². The number of carbonyl (C=O) groups excluding carboxylic acids is 2. The summed E-state index contributed by atoms with van der Waals surface area (Å²) in [5, 5.41) is 6.90. The predicted octanol–water partition coefficient (Wildman–Crippen LogP) is 3.48. The standard InChI is InChI=1S/C27H31N3O5/c1-4-8-21(27(32)34-3)30-26(31)24-14-19(16-28-24)35-25-15-22(17-9-6-5-7-10-17)29-23-13-18(33-2)11-12-20(23)25/h5-7,9-13,15,19,21,24,28H,4,8,14,16H2,1-3H3,(H,30,31)/t19?,21-,24-/m0/s1. The van der Waals surface area contributed by atoms with Crippen LogP contribution in [-0.2, 0) is 14.3 Å². The van der Waals surface area contributed by atoms with Crippen LogP contribution in [0, 0.1) is 0 Å². The summed E-state index contributed by atoms with van der Waals surface area (Å²) in [4.78, 5) is 29.6. The normalized spacial score (nSPS) is 18.1. The van der Waals surface area contributed by atoms with Gasteiger partial charge in [0, 0.05) is 36.0 Å². The number of aromatic nitrogens is 1. The van der Waals surface area contributed by atoms with Crippen molar-refractivity contribution in [1.29, 1.82) is 0 Å². The number of amides is 1. The van der Waals surface area contributed by atoms with Crippen molar-refractivity contribution in [2.24, 2.45) is 0 Å². The van der Waals surface area contributed by atoms with Gasteiger partial charge in [-0.25, -0.2) is 9.78 Å². The van der Waals surface area contributed by atoms with Crippen molar-refractivity contribution in [2.75, 3.05) is 20.8 Å². The lowest BCUT2D eigenvalue weighted by molar-refractivity contribution is -0.145. The number of nitrogens with zero attached hydrogens (tertiary/aromatic N) is 1. The number of fused-ring (bicyclic) bond motifs is 1. The molecular formula is C27H31N3O5. The van der Waals surface area contributed by atoms with Gasteiger partial charge in [-0.15, -0.1) is 0 Å². The van der Waals surface area contributed by atoms with E-state index in [0.29, 0.717) is 30.9 Å². The fourth-order valence-corrected chi connectivity index (χ4v) is 4.28. The highest BCUT2D eigenvalue weighted by atomic mass is 16.5. The van der Waals surface area contributed by atoms with Crippen LogP contribution < -0.4 is 20.1 Å². The monoisotopic (exact) mass is 477 g/mol. The molecule has 8 heteroatoms. The summed E-state index contributed by atoms with van der Waals surface area (Å²) in [6.07, 6.45) is 1.55. The molecule has 1 unspecified atom stereocenters. The first-order valence-corrected chi connectivity index (χ1v) is 11.8. The first-order valence-electron chi connectivity index (χ1n) is 11.8. The molecule has 184 valence electrons. The minimum Gasteiger partial charge on any atom is -0.497 e. The van der Waals surface area contributed by atoms with Gasteiger partial charge in [0.25, 0.3) is 0 Å². The van der Waals surface area contributed by atoms with Crippen LogP contribution >= 0.6 is 0 Å².